The molecule has 2 aliphatic rings. The Morgan fingerprint density at radius 3 is 1.19 bits per heavy atom. The molecule has 8 heteroatoms. The molecule has 0 amide bonds. The maximum Gasteiger partial charge on any atom is 0.252 e. The largest absolute Gasteiger partial charge is 0.456 e. The highest BCUT2D eigenvalue weighted by Crippen LogP contribution is 2.56. The van der Waals surface area contributed by atoms with E-state index in [4.69, 9.17) is 8.83 Å². The van der Waals surface area contributed by atoms with Gasteiger partial charge in [0.25, 0.3) is 6.71 Å². The number of rotatable bonds is 11. The van der Waals surface area contributed by atoms with E-state index in [1.165, 1.54) is 65.4 Å². The lowest BCUT2D eigenvalue weighted by Crippen LogP contribution is -2.61. The van der Waals surface area contributed by atoms with Crippen LogP contribution in [0.15, 0.2) is 415 Å². The molecule has 0 spiro atoms. The van der Waals surface area contributed by atoms with Crippen LogP contribution in [-0.4, -0.2) is 20.4 Å². The number of hydrogen-bond acceptors (Lipinski definition) is 4. The summed E-state index contributed by atoms with van der Waals surface area (Å²) in [6.07, 6.45) is 0. The lowest BCUT2D eigenvalue weighted by atomic mass is 9.33. The van der Waals surface area contributed by atoms with Crippen LogP contribution in [0.4, 0.5) is 34.1 Å². The van der Waals surface area contributed by atoms with Crippen molar-refractivity contribution in [2.24, 2.45) is 0 Å². The van der Waals surface area contributed by atoms with Crippen molar-refractivity contribution in [3.05, 3.63) is 423 Å². The summed E-state index contributed by atoms with van der Waals surface area (Å²) in [5, 5.41) is 11.5. The lowest BCUT2D eigenvalue weighted by Gasteiger charge is -2.45. The van der Waals surface area contributed by atoms with Crippen LogP contribution in [-0.2, 0) is 16.2 Å². The number of fused-ring (bicyclic) bond motifs is 19. The number of aromatic nitrogens is 3. The molecule has 0 bridgehead atoms. The van der Waals surface area contributed by atoms with Crippen LogP contribution in [0.3, 0.4) is 0 Å². The molecule has 26 rings (SSSR count). The predicted octanol–water partition coefficient (Wildman–Crippen LogP) is 32.8. The van der Waals surface area contributed by atoms with E-state index in [0.29, 0.717) is 0 Å². The molecule has 0 fully saturated rings. The number of furan rings is 2. The zero-order valence-electron chi connectivity index (χ0n) is 76.3. The van der Waals surface area contributed by atoms with E-state index in [1.807, 2.05) is 0 Å². The van der Waals surface area contributed by atoms with Gasteiger partial charge in [0.1, 0.15) is 22.3 Å². The first-order chi connectivity index (χ1) is 65.4. The SMILES string of the molecule is CC(C)(C)c1ccc(N2c3cc(-c4c(-c5cccc6c5oc5ccccc56)cccc4-n4c5ccccc5c5ccccc54)ccc3B3c4ccc(-n5c6ccc(C(C)(C)C)cc6c6cc(C(C)(C)C)ccc65)cc4N(c4ccccc4-c4ccccc4)c4cc(-c5c(-c6ccc7c(c6)oc6ccccc67)cccc5-n5c6ccccc6c6ccccc65)cc2c43)c(-c2ccccc2)c1. The molecule has 0 aliphatic carbocycles. The van der Waals surface area contributed by atoms with Crippen molar-refractivity contribution in [2.45, 2.75) is 78.6 Å². The van der Waals surface area contributed by atoms with Crippen LogP contribution < -0.4 is 26.2 Å². The van der Waals surface area contributed by atoms with Crippen LogP contribution in [0.5, 0.6) is 0 Å². The summed E-state index contributed by atoms with van der Waals surface area (Å²) in [6, 6.07) is 154. The van der Waals surface area contributed by atoms with Crippen LogP contribution in [0, 0.1) is 0 Å². The van der Waals surface area contributed by atoms with Gasteiger partial charge in [-0.05, 0) is 222 Å². The Hall–Kier alpha value is -16.2. The Bertz CT molecular complexity index is 8870. The van der Waals surface area contributed by atoms with E-state index < -0.39 is 0 Å². The summed E-state index contributed by atoms with van der Waals surface area (Å²) in [4.78, 5) is 5.38. The molecule has 0 saturated carbocycles. The molecular weight excluding hydrogens is 1630 g/mol. The van der Waals surface area contributed by atoms with Gasteiger partial charge in [0.15, 0.2) is 0 Å². The highest BCUT2D eigenvalue weighted by Gasteiger charge is 2.46. The molecule has 2 aliphatic heterocycles. The molecule has 134 heavy (non-hydrogen) atoms. The maximum atomic E-state index is 7.22. The molecule has 24 aromatic rings. The summed E-state index contributed by atoms with van der Waals surface area (Å²) in [5.41, 5.74) is 39.3. The lowest BCUT2D eigenvalue weighted by molar-refractivity contribution is 0.590. The van der Waals surface area contributed by atoms with Crippen molar-refractivity contribution >= 4 is 167 Å². The number of benzene rings is 19. The molecule has 7 heterocycles. The third kappa shape index (κ3) is 12.1. The minimum Gasteiger partial charge on any atom is -0.456 e. The monoisotopic (exact) mass is 1720 g/mol. The van der Waals surface area contributed by atoms with Crippen LogP contribution in [0.25, 0.3) is 193 Å². The summed E-state index contributed by atoms with van der Waals surface area (Å²) >= 11 is 0. The second-order valence-electron chi connectivity index (χ2n) is 39.8. The fraction of sp³-hybridized carbons (Fsp3) is 0.0952. The van der Waals surface area contributed by atoms with Gasteiger partial charge in [0, 0.05) is 110 Å². The van der Waals surface area contributed by atoms with Crippen molar-refractivity contribution in [3.8, 4) is 83.8 Å². The van der Waals surface area contributed by atoms with E-state index in [1.54, 1.807) is 0 Å². The Balaban J connectivity index is 0.842. The summed E-state index contributed by atoms with van der Waals surface area (Å²) in [6.45, 7) is 20.7. The number of nitrogens with zero attached hydrogens (tertiary/aromatic N) is 5. The fourth-order valence-corrected chi connectivity index (χ4v) is 22.5. The molecule has 5 aromatic heterocycles. The Labute approximate surface area is 779 Å². The van der Waals surface area contributed by atoms with Crippen LogP contribution in [0.1, 0.15) is 79.0 Å². The Kier molecular flexibility index (Phi) is 17.5. The van der Waals surface area contributed by atoms with Crippen molar-refractivity contribution in [1.29, 1.82) is 0 Å². The minimum absolute atomic E-state index is 0.103. The standard InChI is InChI=1S/C126H94BN5O2/c1-124(2,3)82-59-66-108(98(73-82)78-35-14-11-15-36-78)132-113-69-80(120-95(97-47-30-46-96-93-43-22-29-56-118(93)134-123(96)97)45-32-54-111(120)129-104-49-24-17-38-88(104)89-39-18-25-50-105(89)129)58-64-101(113)127-102-65-62-85(128-109-67-60-83(125(4,5)6)74-99(109)100-75-84(126(7,8)9)61-68-110(100)128)76-114(102)131(103-48-23-16-37-86(103)77-33-12-10-13-34-77)115-70-81(71-116(132)122(115)127)121-87(79-57-63-94-92-42-21-28-55-117(92)133-119(94)72-79)44-31-53-112(121)130-106-51-26-19-40-90(106)91-41-20-27-52-107(91)130/h10-76H,1-9H3. The third-order valence-electron chi connectivity index (χ3n) is 28.9. The zero-order valence-corrected chi connectivity index (χ0v) is 76.3. The van der Waals surface area contributed by atoms with Gasteiger partial charge in [-0.25, -0.2) is 0 Å². The first-order valence-corrected chi connectivity index (χ1v) is 47.0. The van der Waals surface area contributed by atoms with Crippen molar-refractivity contribution in [1.82, 2.24) is 13.7 Å². The van der Waals surface area contributed by atoms with E-state index in [-0.39, 0.29) is 23.0 Å². The first-order valence-electron chi connectivity index (χ1n) is 47.0. The molecule has 0 radical (unpaired) electrons. The average molecular weight is 1720 g/mol. The second-order valence-corrected chi connectivity index (χ2v) is 39.8. The zero-order chi connectivity index (χ0) is 89.9. The van der Waals surface area contributed by atoms with Gasteiger partial charge in [-0.15, -0.1) is 0 Å². The Morgan fingerprint density at radius 2 is 0.612 bits per heavy atom. The number of para-hydroxylation sites is 8. The molecule has 0 unspecified atom stereocenters. The van der Waals surface area contributed by atoms with E-state index >= 15 is 0 Å². The van der Waals surface area contributed by atoms with Crippen LogP contribution >= 0.6 is 0 Å². The summed E-state index contributed by atoms with van der Waals surface area (Å²) in [5.74, 6) is 0. The second kappa shape index (κ2) is 29.7. The van der Waals surface area contributed by atoms with Gasteiger partial charge in [-0.3, -0.25) is 0 Å². The quantitative estimate of drug-likeness (QED) is 0.121. The highest BCUT2D eigenvalue weighted by atomic mass is 16.3. The fourth-order valence-electron chi connectivity index (χ4n) is 22.5. The van der Waals surface area contributed by atoms with Crippen molar-refractivity contribution in [3.63, 3.8) is 0 Å². The van der Waals surface area contributed by atoms with Gasteiger partial charge >= 0.3 is 0 Å². The summed E-state index contributed by atoms with van der Waals surface area (Å²) < 4.78 is 21.8. The maximum absolute atomic E-state index is 7.22. The first kappa shape index (κ1) is 78.8. The van der Waals surface area contributed by atoms with Gasteiger partial charge in [0.05, 0.1) is 55.8 Å². The molecule has 638 valence electrons. The van der Waals surface area contributed by atoms with Gasteiger partial charge in [-0.2, -0.15) is 0 Å². The smallest absolute Gasteiger partial charge is 0.252 e. The van der Waals surface area contributed by atoms with Gasteiger partial charge in [0.2, 0.25) is 0 Å². The van der Waals surface area contributed by atoms with E-state index in [2.05, 4.69) is 492 Å². The van der Waals surface area contributed by atoms with E-state index in [0.717, 1.165) is 195 Å². The topological polar surface area (TPSA) is 47.6 Å². The number of anilines is 6. The normalized spacial score (nSPS) is 12.9. The highest BCUT2D eigenvalue weighted by molar-refractivity contribution is 7.00. The molecule has 0 atom stereocenters. The third-order valence-corrected chi connectivity index (χ3v) is 28.9. The minimum atomic E-state index is -0.381. The molecule has 0 saturated heterocycles. The molecule has 0 N–H and O–H groups in total. The molecule has 7 nitrogen and oxygen atoms in total. The summed E-state index contributed by atoms with van der Waals surface area (Å²) in [7, 11) is 0. The van der Waals surface area contributed by atoms with Crippen molar-refractivity contribution in [2.75, 3.05) is 9.80 Å². The predicted molar refractivity (Wildman–Crippen MR) is 567 cm³/mol. The van der Waals surface area contributed by atoms with E-state index in [9.17, 15) is 0 Å². The Morgan fingerprint density at radius 1 is 0.209 bits per heavy atom. The molecule has 19 aromatic carbocycles. The van der Waals surface area contributed by atoms with Crippen LogP contribution in [0.2, 0.25) is 0 Å². The van der Waals surface area contributed by atoms with Crippen molar-refractivity contribution < 1.29 is 8.83 Å². The number of hydrogen-bond donors (Lipinski definition) is 0. The molecular formula is C126H94BN5O2. The van der Waals surface area contributed by atoms with Gasteiger partial charge < -0.3 is 32.3 Å². The van der Waals surface area contributed by atoms with Gasteiger partial charge in [-0.1, -0.05) is 335 Å². The average Bonchev–Trinajstić information content (AvgIpc) is 0.897.